The van der Waals surface area contributed by atoms with Crippen molar-refractivity contribution in [1.82, 2.24) is 4.90 Å². The fourth-order valence-corrected chi connectivity index (χ4v) is 4.58. The third-order valence-corrected chi connectivity index (χ3v) is 5.93. The number of aryl methyl sites for hydroxylation is 1. The smallest absolute Gasteiger partial charge is 0.253 e. The van der Waals surface area contributed by atoms with Gasteiger partial charge in [-0.05, 0) is 48.7 Å². The zero-order chi connectivity index (χ0) is 18.5. The number of hydrogen-bond acceptors (Lipinski definition) is 3. The van der Waals surface area contributed by atoms with Crippen LogP contribution in [-0.2, 0) is 4.79 Å². The molecule has 1 aliphatic rings. The average molecular weight is 369 g/mol. The molecule has 2 aromatic rings. The van der Waals surface area contributed by atoms with Crippen molar-refractivity contribution in [2.24, 2.45) is 0 Å². The van der Waals surface area contributed by atoms with Crippen molar-refractivity contribution in [1.29, 1.82) is 0 Å². The molecule has 1 N–H and O–H groups in total. The van der Waals surface area contributed by atoms with Gasteiger partial charge in [0.15, 0.2) is 0 Å². The molecule has 0 aliphatic carbocycles. The second-order valence-corrected chi connectivity index (χ2v) is 7.87. The summed E-state index contributed by atoms with van der Waals surface area (Å²) in [6.45, 7) is 5.15. The van der Waals surface area contributed by atoms with Gasteiger partial charge in [0.05, 0.1) is 0 Å². The van der Waals surface area contributed by atoms with Crippen LogP contribution >= 0.6 is 11.8 Å². The first-order valence-electron chi connectivity index (χ1n) is 8.88. The lowest BCUT2D eigenvalue weighted by molar-refractivity contribution is -0.114. The van der Waals surface area contributed by atoms with Crippen LogP contribution in [0.2, 0.25) is 0 Å². The monoisotopic (exact) mass is 368 g/mol. The van der Waals surface area contributed by atoms with Crippen LogP contribution < -0.4 is 5.32 Å². The van der Waals surface area contributed by atoms with E-state index in [9.17, 15) is 9.59 Å². The van der Waals surface area contributed by atoms with Gasteiger partial charge in [-0.1, -0.05) is 24.3 Å². The topological polar surface area (TPSA) is 49.4 Å². The van der Waals surface area contributed by atoms with Gasteiger partial charge in [-0.3, -0.25) is 9.59 Å². The number of nitrogens with zero attached hydrogens (tertiary/aromatic N) is 1. The van der Waals surface area contributed by atoms with E-state index in [0.717, 1.165) is 25.3 Å². The van der Waals surface area contributed by atoms with Gasteiger partial charge < -0.3 is 10.2 Å². The molecule has 0 bridgehead atoms. The second-order valence-electron chi connectivity index (χ2n) is 6.56. The van der Waals surface area contributed by atoms with Crippen molar-refractivity contribution in [3.63, 3.8) is 0 Å². The Morgan fingerprint density at radius 3 is 2.50 bits per heavy atom. The van der Waals surface area contributed by atoms with E-state index in [0.29, 0.717) is 16.5 Å². The first-order chi connectivity index (χ1) is 12.5. The predicted molar refractivity (Wildman–Crippen MR) is 108 cm³/mol. The number of nitrogens with one attached hydrogen (secondary N) is 1. The zero-order valence-corrected chi connectivity index (χ0v) is 16.0. The molecule has 0 saturated carbocycles. The third-order valence-electron chi connectivity index (χ3n) is 4.62. The fraction of sp³-hybridized carbons (Fsp3) is 0.333. The molecule has 1 atom stereocenters. The van der Waals surface area contributed by atoms with Gasteiger partial charge in [-0.2, -0.15) is 11.8 Å². The summed E-state index contributed by atoms with van der Waals surface area (Å²) in [7, 11) is 0. The lowest BCUT2D eigenvalue weighted by atomic mass is 10.0. The number of carbonyl (C=O) groups excluding carboxylic acids is 2. The number of benzene rings is 2. The molecule has 0 spiro atoms. The van der Waals surface area contributed by atoms with Crippen LogP contribution in [-0.4, -0.2) is 35.6 Å². The summed E-state index contributed by atoms with van der Waals surface area (Å²) in [4.78, 5) is 25.9. The molecule has 2 amide bonds. The maximum absolute atomic E-state index is 12.8. The molecular weight excluding hydrogens is 344 g/mol. The summed E-state index contributed by atoms with van der Waals surface area (Å²) in [5.74, 6) is 0.885. The van der Waals surface area contributed by atoms with Gasteiger partial charge in [-0.25, -0.2) is 0 Å². The van der Waals surface area contributed by atoms with Crippen LogP contribution in [0.25, 0.3) is 0 Å². The lowest BCUT2D eigenvalue weighted by Crippen LogP contribution is -2.32. The molecule has 136 valence electrons. The Labute approximate surface area is 159 Å². The largest absolute Gasteiger partial charge is 0.338 e. The summed E-state index contributed by atoms with van der Waals surface area (Å²) in [5.41, 5.74) is 4.07. The van der Waals surface area contributed by atoms with Crippen molar-refractivity contribution in [2.75, 3.05) is 24.2 Å². The van der Waals surface area contributed by atoms with Gasteiger partial charge in [0, 0.05) is 42.3 Å². The minimum atomic E-state index is -0.115. The van der Waals surface area contributed by atoms with Gasteiger partial charge in [0.1, 0.15) is 0 Å². The standard InChI is InChI=1S/C21H24N2O2S/c1-15-5-3-4-6-19(15)20-11-12-23(13-14-26-20)21(25)17-7-9-18(10-8-17)22-16(2)24/h3-10,20H,11-14H2,1-2H3,(H,22,24). The fourth-order valence-electron chi connectivity index (χ4n) is 3.25. The Hall–Kier alpha value is -2.27. The third kappa shape index (κ3) is 4.47. The summed E-state index contributed by atoms with van der Waals surface area (Å²) < 4.78 is 0. The molecule has 1 unspecified atom stereocenters. The highest BCUT2D eigenvalue weighted by molar-refractivity contribution is 7.99. The minimum absolute atomic E-state index is 0.0606. The van der Waals surface area contributed by atoms with E-state index >= 15 is 0 Å². The van der Waals surface area contributed by atoms with Gasteiger partial charge in [0.2, 0.25) is 5.91 Å². The number of anilines is 1. The molecule has 1 fully saturated rings. The highest BCUT2D eigenvalue weighted by atomic mass is 32.2. The molecule has 1 saturated heterocycles. The average Bonchev–Trinajstić information content (AvgIpc) is 2.88. The maximum atomic E-state index is 12.8. The molecule has 0 radical (unpaired) electrons. The Kier molecular flexibility index (Phi) is 5.99. The number of hydrogen-bond donors (Lipinski definition) is 1. The lowest BCUT2D eigenvalue weighted by Gasteiger charge is -2.21. The molecule has 5 heteroatoms. The molecule has 0 aromatic heterocycles. The van der Waals surface area contributed by atoms with Crippen LogP contribution in [0.3, 0.4) is 0 Å². The Morgan fingerprint density at radius 1 is 1.08 bits per heavy atom. The molecule has 3 rings (SSSR count). The van der Waals surface area contributed by atoms with Crippen LogP contribution in [0.5, 0.6) is 0 Å². The first-order valence-corrected chi connectivity index (χ1v) is 9.93. The summed E-state index contributed by atoms with van der Waals surface area (Å²) in [5, 5.41) is 3.16. The molecule has 26 heavy (non-hydrogen) atoms. The van der Waals surface area contributed by atoms with Gasteiger partial charge in [-0.15, -0.1) is 0 Å². The Morgan fingerprint density at radius 2 is 1.81 bits per heavy atom. The zero-order valence-electron chi connectivity index (χ0n) is 15.2. The molecule has 2 aromatic carbocycles. The predicted octanol–water partition coefficient (Wildman–Crippen LogP) is 4.27. The SMILES string of the molecule is CC(=O)Nc1ccc(C(=O)N2CCSC(c3ccccc3C)CC2)cc1. The normalized spacial score (nSPS) is 17.5. The van der Waals surface area contributed by atoms with Crippen molar-refractivity contribution in [3.05, 3.63) is 65.2 Å². The molecule has 1 heterocycles. The van der Waals surface area contributed by atoms with Crippen molar-refractivity contribution in [3.8, 4) is 0 Å². The van der Waals surface area contributed by atoms with Crippen LogP contribution in [0.4, 0.5) is 5.69 Å². The number of rotatable bonds is 3. The van der Waals surface area contributed by atoms with E-state index in [4.69, 9.17) is 0 Å². The first kappa shape index (κ1) is 18.5. The summed E-state index contributed by atoms with van der Waals surface area (Å²) >= 11 is 1.94. The molecule has 1 aliphatic heterocycles. The maximum Gasteiger partial charge on any atom is 0.253 e. The van der Waals surface area contributed by atoms with Crippen LogP contribution in [0.15, 0.2) is 48.5 Å². The van der Waals surface area contributed by atoms with Crippen molar-refractivity contribution < 1.29 is 9.59 Å². The second kappa shape index (κ2) is 8.41. The quantitative estimate of drug-likeness (QED) is 0.880. The van der Waals surface area contributed by atoms with E-state index in [2.05, 4.69) is 36.5 Å². The number of thioether (sulfide) groups is 1. The van der Waals surface area contributed by atoms with Crippen molar-refractivity contribution >= 4 is 29.3 Å². The van der Waals surface area contributed by atoms with Crippen molar-refractivity contribution in [2.45, 2.75) is 25.5 Å². The van der Waals surface area contributed by atoms with E-state index in [-0.39, 0.29) is 11.8 Å². The van der Waals surface area contributed by atoms with E-state index in [1.807, 2.05) is 16.7 Å². The highest BCUT2D eigenvalue weighted by Gasteiger charge is 2.23. The molecular formula is C21H24N2O2S. The Bertz CT molecular complexity index is 789. The molecule has 4 nitrogen and oxygen atoms in total. The van der Waals surface area contributed by atoms with Gasteiger partial charge >= 0.3 is 0 Å². The van der Waals surface area contributed by atoms with Crippen LogP contribution in [0, 0.1) is 6.92 Å². The van der Waals surface area contributed by atoms with E-state index < -0.39 is 0 Å². The summed E-state index contributed by atoms with van der Waals surface area (Å²) in [6, 6.07) is 15.6. The highest BCUT2D eigenvalue weighted by Crippen LogP contribution is 2.36. The number of carbonyl (C=O) groups is 2. The van der Waals surface area contributed by atoms with E-state index in [1.165, 1.54) is 18.1 Å². The van der Waals surface area contributed by atoms with Crippen LogP contribution in [0.1, 0.15) is 40.1 Å². The summed E-state index contributed by atoms with van der Waals surface area (Å²) in [6.07, 6.45) is 0.964. The minimum Gasteiger partial charge on any atom is -0.338 e. The Balaban J connectivity index is 1.66. The van der Waals surface area contributed by atoms with E-state index in [1.54, 1.807) is 24.3 Å². The van der Waals surface area contributed by atoms with Gasteiger partial charge in [0.25, 0.3) is 5.91 Å². The number of amides is 2.